The molecule has 2 aromatic heterocycles. The van der Waals surface area contributed by atoms with Gasteiger partial charge in [0.05, 0.1) is 22.5 Å². The van der Waals surface area contributed by atoms with Crippen molar-refractivity contribution in [3.63, 3.8) is 0 Å². The number of carboxylic acids is 1. The van der Waals surface area contributed by atoms with Crippen LogP contribution in [0.25, 0.3) is 0 Å². The van der Waals surface area contributed by atoms with E-state index in [1.807, 2.05) is 0 Å². The Morgan fingerprint density at radius 3 is 2.78 bits per heavy atom. The van der Waals surface area contributed by atoms with Crippen molar-refractivity contribution in [2.45, 2.75) is 6.92 Å². The van der Waals surface area contributed by atoms with E-state index in [1.54, 1.807) is 12.3 Å². The Labute approximate surface area is 106 Å². The van der Waals surface area contributed by atoms with Crippen molar-refractivity contribution in [2.75, 3.05) is 5.32 Å². The minimum atomic E-state index is -1.09. The molecule has 0 aliphatic heterocycles. The van der Waals surface area contributed by atoms with Gasteiger partial charge in [0.15, 0.2) is 0 Å². The molecule has 2 aromatic rings. The van der Waals surface area contributed by atoms with Crippen LogP contribution in [-0.2, 0) is 0 Å². The van der Waals surface area contributed by atoms with Crippen LogP contribution in [-0.4, -0.2) is 27.0 Å². The number of amides is 1. The van der Waals surface area contributed by atoms with Crippen molar-refractivity contribution in [3.05, 3.63) is 40.1 Å². The van der Waals surface area contributed by atoms with Gasteiger partial charge in [-0.05, 0) is 13.0 Å². The normalized spacial score (nSPS) is 10.1. The molecule has 0 radical (unpaired) electrons. The Bertz CT molecular complexity index is 609. The summed E-state index contributed by atoms with van der Waals surface area (Å²) < 4.78 is 0. The third-order valence-electron chi connectivity index (χ3n) is 2.09. The van der Waals surface area contributed by atoms with Crippen LogP contribution in [0.5, 0.6) is 0 Å². The molecule has 6 nitrogen and oxygen atoms in total. The topological polar surface area (TPSA) is 92.2 Å². The molecule has 2 heterocycles. The molecule has 0 bridgehead atoms. The molecule has 0 aliphatic carbocycles. The minimum Gasteiger partial charge on any atom is -0.478 e. The number of aryl methyl sites for hydroxylation is 1. The number of carbonyl (C=O) groups excluding carboxylic acids is 1. The average Bonchev–Trinajstić information content (AvgIpc) is 2.76. The van der Waals surface area contributed by atoms with Crippen molar-refractivity contribution in [1.82, 2.24) is 9.97 Å². The summed E-state index contributed by atoms with van der Waals surface area (Å²) in [6.45, 7) is 1.80. The van der Waals surface area contributed by atoms with Crippen LogP contribution in [0.1, 0.15) is 25.9 Å². The Balaban J connectivity index is 2.16. The second kappa shape index (κ2) is 4.92. The summed E-state index contributed by atoms with van der Waals surface area (Å²) in [5.41, 5.74) is 0.644. The van der Waals surface area contributed by atoms with Crippen LogP contribution in [0.4, 0.5) is 5.69 Å². The Morgan fingerprint density at radius 2 is 2.17 bits per heavy atom. The van der Waals surface area contributed by atoms with Gasteiger partial charge in [-0.25, -0.2) is 9.78 Å². The van der Waals surface area contributed by atoms with Crippen LogP contribution >= 0.6 is 11.3 Å². The molecule has 0 spiro atoms. The summed E-state index contributed by atoms with van der Waals surface area (Å²) in [7, 11) is 0. The number of nitrogens with zero attached hydrogens (tertiary/aromatic N) is 2. The molecule has 0 saturated carbocycles. The number of carbonyl (C=O) groups is 2. The molecule has 0 saturated heterocycles. The van der Waals surface area contributed by atoms with Gasteiger partial charge < -0.3 is 10.4 Å². The number of aromatic nitrogens is 2. The maximum absolute atomic E-state index is 11.8. The second-order valence-electron chi connectivity index (χ2n) is 3.47. The van der Waals surface area contributed by atoms with E-state index in [9.17, 15) is 9.59 Å². The number of anilines is 1. The van der Waals surface area contributed by atoms with Crippen LogP contribution in [0.2, 0.25) is 0 Å². The molecule has 18 heavy (non-hydrogen) atoms. The monoisotopic (exact) mass is 263 g/mol. The first kappa shape index (κ1) is 12.2. The zero-order valence-corrected chi connectivity index (χ0v) is 10.2. The summed E-state index contributed by atoms with van der Waals surface area (Å²) in [6, 6.07) is 1.34. The fourth-order valence-corrected chi connectivity index (χ4v) is 1.88. The van der Waals surface area contributed by atoms with Gasteiger partial charge in [0, 0.05) is 11.6 Å². The Morgan fingerprint density at radius 1 is 1.39 bits per heavy atom. The predicted molar refractivity (Wildman–Crippen MR) is 66.0 cm³/mol. The smallest absolute Gasteiger partial charge is 0.337 e. The molecule has 2 N–H and O–H groups in total. The zero-order valence-electron chi connectivity index (χ0n) is 9.38. The highest BCUT2D eigenvalue weighted by atomic mass is 32.1. The first-order valence-electron chi connectivity index (χ1n) is 4.98. The second-order valence-corrected chi connectivity index (χ2v) is 4.54. The van der Waals surface area contributed by atoms with Gasteiger partial charge in [-0.3, -0.25) is 9.78 Å². The van der Waals surface area contributed by atoms with Gasteiger partial charge in [-0.1, -0.05) is 0 Å². The number of hydrogen-bond acceptors (Lipinski definition) is 5. The van der Waals surface area contributed by atoms with Gasteiger partial charge >= 0.3 is 5.97 Å². The maximum atomic E-state index is 11.8. The molecule has 0 atom stereocenters. The molecule has 0 fully saturated rings. The van der Waals surface area contributed by atoms with Crippen LogP contribution in [0.15, 0.2) is 23.8 Å². The zero-order chi connectivity index (χ0) is 13.1. The van der Waals surface area contributed by atoms with Gasteiger partial charge in [-0.2, -0.15) is 0 Å². The lowest BCUT2D eigenvalue weighted by Crippen LogP contribution is -2.13. The number of hydrogen-bond donors (Lipinski definition) is 2. The molecule has 0 aromatic carbocycles. The lowest BCUT2D eigenvalue weighted by atomic mass is 10.2. The van der Waals surface area contributed by atoms with Crippen LogP contribution in [0, 0.1) is 6.92 Å². The van der Waals surface area contributed by atoms with Crippen molar-refractivity contribution in [1.29, 1.82) is 0 Å². The summed E-state index contributed by atoms with van der Waals surface area (Å²) >= 11 is 1.37. The van der Waals surface area contributed by atoms with E-state index in [2.05, 4.69) is 15.3 Å². The van der Waals surface area contributed by atoms with Gasteiger partial charge in [0.1, 0.15) is 5.69 Å². The standard InChI is InChI=1S/C11H9N3O3S/c1-6-13-9(5-18-6)10(15)14-8-2-7(11(16)17)3-12-4-8/h2-5H,1H3,(H,14,15)(H,16,17). The molecule has 0 aliphatic rings. The van der Waals surface area contributed by atoms with Gasteiger partial charge in [-0.15, -0.1) is 11.3 Å². The highest BCUT2D eigenvalue weighted by molar-refractivity contribution is 7.09. The van der Waals surface area contributed by atoms with Crippen molar-refractivity contribution in [3.8, 4) is 0 Å². The SMILES string of the molecule is Cc1nc(C(=O)Nc2cncc(C(=O)O)c2)cs1. The first-order chi connectivity index (χ1) is 8.56. The number of rotatable bonds is 3. The number of thiazole rings is 1. The van der Waals surface area contributed by atoms with E-state index in [-0.39, 0.29) is 11.5 Å². The fourth-order valence-electron chi connectivity index (χ4n) is 1.29. The van der Waals surface area contributed by atoms with Crippen molar-refractivity contribution >= 4 is 28.9 Å². The molecule has 92 valence electrons. The van der Waals surface area contributed by atoms with E-state index in [0.29, 0.717) is 11.4 Å². The molecule has 7 heteroatoms. The summed E-state index contributed by atoms with van der Waals surface area (Å²) in [6.07, 6.45) is 2.59. The quantitative estimate of drug-likeness (QED) is 0.880. The summed E-state index contributed by atoms with van der Waals surface area (Å²) in [4.78, 5) is 30.3. The molecular formula is C11H9N3O3S. The maximum Gasteiger partial charge on any atom is 0.337 e. The number of aromatic carboxylic acids is 1. The lowest BCUT2D eigenvalue weighted by Gasteiger charge is -2.03. The number of carboxylic acid groups (broad SMARTS) is 1. The van der Waals surface area contributed by atoms with Gasteiger partial charge in [0.25, 0.3) is 5.91 Å². The number of nitrogens with one attached hydrogen (secondary N) is 1. The highest BCUT2D eigenvalue weighted by Gasteiger charge is 2.11. The van der Waals surface area contributed by atoms with E-state index in [1.165, 1.54) is 29.8 Å². The average molecular weight is 263 g/mol. The van der Waals surface area contributed by atoms with Gasteiger partial charge in [0.2, 0.25) is 0 Å². The van der Waals surface area contributed by atoms with Crippen molar-refractivity contribution in [2.24, 2.45) is 0 Å². The molecule has 2 rings (SSSR count). The van der Waals surface area contributed by atoms with Crippen LogP contribution in [0.3, 0.4) is 0 Å². The van der Waals surface area contributed by atoms with Crippen LogP contribution < -0.4 is 5.32 Å². The molecular weight excluding hydrogens is 254 g/mol. The minimum absolute atomic E-state index is 0.0160. The molecule has 0 unspecified atom stereocenters. The van der Waals surface area contributed by atoms with E-state index < -0.39 is 5.97 Å². The summed E-state index contributed by atoms with van der Waals surface area (Å²) in [5, 5.41) is 13.8. The fraction of sp³-hybridized carbons (Fsp3) is 0.0909. The Hall–Kier alpha value is -2.28. The molecule has 1 amide bonds. The predicted octanol–water partition coefficient (Wildman–Crippen LogP) is 1.80. The van der Waals surface area contributed by atoms with Crippen molar-refractivity contribution < 1.29 is 14.7 Å². The first-order valence-corrected chi connectivity index (χ1v) is 5.86. The largest absolute Gasteiger partial charge is 0.478 e. The third kappa shape index (κ3) is 2.69. The highest BCUT2D eigenvalue weighted by Crippen LogP contribution is 2.12. The van der Waals surface area contributed by atoms with E-state index in [4.69, 9.17) is 5.11 Å². The summed E-state index contributed by atoms with van der Waals surface area (Å²) in [5.74, 6) is -1.48. The van der Waals surface area contributed by atoms with E-state index in [0.717, 1.165) is 5.01 Å². The number of pyridine rings is 1. The third-order valence-corrected chi connectivity index (χ3v) is 2.87. The van der Waals surface area contributed by atoms with E-state index >= 15 is 0 Å². The Kier molecular flexibility index (Phi) is 3.33. The lowest BCUT2D eigenvalue weighted by molar-refractivity contribution is 0.0696.